The lowest BCUT2D eigenvalue weighted by molar-refractivity contribution is -0.135. The Kier molecular flexibility index (Phi) is 5.79. The van der Waals surface area contributed by atoms with Crippen molar-refractivity contribution in [3.05, 3.63) is 66.0 Å². The molecule has 2 aromatic rings. The molecule has 2 amide bonds. The second-order valence-corrected chi connectivity index (χ2v) is 7.80. The Morgan fingerprint density at radius 2 is 1.72 bits per heavy atom. The highest BCUT2D eigenvalue weighted by atomic mass is 19.1. The van der Waals surface area contributed by atoms with Crippen molar-refractivity contribution in [1.82, 2.24) is 9.80 Å². The monoisotopic (exact) mass is 395 g/mol. The van der Waals surface area contributed by atoms with E-state index in [2.05, 4.69) is 4.90 Å². The molecule has 2 aliphatic rings. The zero-order valence-electron chi connectivity index (χ0n) is 16.5. The normalized spacial score (nSPS) is 20.1. The van der Waals surface area contributed by atoms with E-state index in [4.69, 9.17) is 0 Å². The summed E-state index contributed by atoms with van der Waals surface area (Å²) in [7, 11) is 0. The van der Waals surface area contributed by atoms with Crippen molar-refractivity contribution in [2.75, 3.05) is 37.6 Å². The van der Waals surface area contributed by atoms with Crippen LogP contribution in [0.2, 0.25) is 0 Å². The predicted octanol–water partition coefficient (Wildman–Crippen LogP) is 2.91. The van der Waals surface area contributed by atoms with Gasteiger partial charge in [0, 0.05) is 51.4 Å². The highest BCUT2D eigenvalue weighted by molar-refractivity contribution is 5.89. The minimum Gasteiger partial charge on any atom is -0.370 e. The maximum atomic E-state index is 13.2. The zero-order chi connectivity index (χ0) is 20.2. The first-order valence-electron chi connectivity index (χ1n) is 10.2. The lowest BCUT2D eigenvalue weighted by Gasteiger charge is -2.25. The number of carbonyl (C=O) groups excluding carboxylic acids is 2. The number of nitrogens with zero attached hydrogens (tertiary/aromatic N) is 3. The molecule has 4 rings (SSSR count). The van der Waals surface area contributed by atoms with Crippen LogP contribution in [0.15, 0.2) is 54.6 Å². The van der Waals surface area contributed by atoms with Crippen LogP contribution in [0.3, 0.4) is 0 Å². The number of carbonyl (C=O) groups is 2. The molecule has 0 radical (unpaired) electrons. The second-order valence-electron chi connectivity index (χ2n) is 7.80. The Labute approximate surface area is 170 Å². The Hall–Kier alpha value is -2.89. The Balaban J connectivity index is 1.34. The third-order valence-corrected chi connectivity index (χ3v) is 5.78. The molecular formula is C23H26FN3O2. The van der Waals surface area contributed by atoms with Gasteiger partial charge in [-0.3, -0.25) is 9.59 Å². The fourth-order valence-electron chi connectivity index (χ4n) is 4.20. The van der Waals surface area contributed by atoms with E-state index >= 15 is 0 Å². The number of halogens is 1. The number of hydrogen-bond donors (Lipinski definition) is 0. The van der Waals surface area contributed by atoms with Crippen LogP contribution < -0.4 is 4.90 Å². The van der Waals surface area contributed by atoms with Crippen LogP contribution in [0.4, 0.5) is 10.1 Å². The summed E-state index contributed by atoms with van der Waals surface area (Å²) in [5.41, 5.74) is 2.06. The minimum atomic E-state index is -0.261. The standard InChI is InChI=1S/C23H26FN3O2/c24-20-7-9-21(10-8-20)25-11-4-12-26(14-13-25)23(29)19-15-22(28)27(17-19)16-18-5-2-1-3-6-18/h1-3,5-10,19H,4,11-17H2. The molecule has 0 bridgehead atoms. The first-order valence-corrected chi connectivity index (χ1v) is 10.2. The third kappa shape index (κ3) is 4.58. The van der Waals surface area contributed by atoms with Crippen molar-refractivity contribution >= 4 is 17.5 Å². The molecule has 29 heavy (non-hydrogen) atoms. The van der Waals surface area contributed by atoms with Crippen LogP contribution in [0, 0.1) is 11.7 Å². The highest BCUT2D eigenvalue weighted by Gasteiger charge is 2.36. The molecule has 1 atom stereocenters. The molecule has 0 saturated carbocycles. The number of amides is 2. The van der Waals surface area contributed by atoms with Crippen molar-refractivity contribution in [3.8, 4) is 0 Å². The van der Waals surface area contributed by atoms with Gasteiger partial charge in [0.1, 0.15) is 5.82 Å². The van der Waals surface area contributed by atoms with E-state index in [9.17, 15) is 14.0 Å². The average Bonchev–Trinajstić information content (AvgIpc) is 2.94. The van der Waals surface area contributed by atoms with Crippen molar-refractivity contribution in [2.24, 2.45) is 5.92 Å². The molecule has 6 heteroatoms. The first kappa shape index (κ1) is 19.4. The first-order chi connectivity index (χ1) is 14.1. The van der Waals surface area contributed by atoms with Gasteiger partial charge in [-0.2, -0.15) is 0 Å². The molecule has 2 aromatic carbocycles. The molecule has 0 spiro atoms. The topological polar surface area (TPSA) is 43.9 Å². The summed E-state index contributed by atoms with van der Waals surface area (Å²) in [6.45, 7) is 3.91. The number of benzene rings is 2. The fraction of sp³-hybridized carbons (Fsp3) is 0.391. The van der Waals surface area contributed by atoms with Crippen LogP contribution in [-0.4, -0.2) is 54.3 Å². The van der Waals surface area contributed by atoms with Crippen LogP contribution in [0.1, 0.15) is 18.4 Å². The summed E-state index contributed by atoms with van der Waals surface area (Å²) in [5, 5.41) is 0. The smallest absolute Gasteiger partial charge is 0.228 e. The van der Waals surface area contributed by atoms with E-state index in [1.54, 1.807) is 17.0 Å². The van der Waals surface area contributed by atoms with Gasteiger partial charge in [0.05, 0.1) is 5.92 Å². The molecule has 0 aromatic heterocycles. The van der Waals surface area contributed by atoms with E-state index < -0.39 is 0 Å². The van der Waals surface area contributed by atoms with E-state index in [1.165, 1.54) is 12.1 Å². The van der Waals surface area contributed by atoms with Crippen LogP contribution >= 0.6 is 0 Å². The summed E-state index contributed by atoms with van der Waals surface area (Å²) in [6, 6.07) is 16.4. The van der Waals surface area contributed by atoms with Gasteiger partial charge in [0.25, 0.3) is 0 Å². The Morgan fingerprint density at radius 1 is 0.966 bits per heavy atom. The SMILES string of the molecule is O=C1CC(C(=O)N2CCCN(c3ccc(F)cc3)CC2)CN1Cc1ccccc1. The summed E-state index contributed by atoms with van der Waals surface area (Å²) in [4.78, 5) is 31.4. The minimum absolute atomic E-state index is 0.0509. The molecule has 0 N–H and O–H groups in total. The van der Waals surface area contributed by atoms with E-state index in [0.717, 1.165) is 24.2 Å². The Morgan fingerprint density at radius 3 is 2.48 bits per heavy atom. The van der Waals surface area contributed by atoms with Gasteiger partial charge in [0.2, 0.25) is 11.8 Å². The maximum absolute atomic E-state index is 13.2. The molecule has 1 unspecified atom stereocenters. The van der Waals surface area contributed by atoms with Crippen molar-refractivity contribution in [1.29, 1.82) is 0 Å². The third-order valence-electron chi connectivity index (χ3n) is 5.78. The van der Waals surface area contributed by atoms with Gasteiger partial charge in [-0.1, -0.05) is 30.3 Å². The largest absolute Gasteiger partial charge is 0.370 e. The van der Waals surface area contributed by atoms with Gasteiger partial charge in [-0.15, -0.1) is 0 Å². The lowest BCUT2D eigenvalue weighted by Crippen LogP contribution is -2.40. The van der Waals surface area contributed by atoms with E-state index in [0.29, 0.717) is 39.1 Å². The van der Waals surface area contributed by atoms with E-state index in [1.807, 2.05) is 35.2 Å². The molecule has 2 saturated heterocycles. The molecule has 2 heterocycles. The molecule has 5 nitrogen and oxygen atoms in total. The molecule has 0 aliphatic carbocycles. The molecular weight excluding hydrogens is 369 g/mol. The summed E-state index contributed by atoms with van der Waals surface area (Å²) < 4.78 is 13.2. The van der Waals surface area contributed by atoms with Crippen LogP contribution in [-0.2, 0) is 16.1 Å². The van der Waals surface area contributed by atoms with Crippen molar-refractivity contribution in [3.63, 3.8) is 0 Å². The molecule has 152 valence electrons. The zero-order valence-corrected chi connectivity index (χ0v) is 16.5. The van der Waals surface area contributed by atoms with E-state index in [-0.39, 0.29) is 23.5 Å². The average molecular weight is 395 g/mol. The lowest BCUT2D eigenvalue weighted by atomic mass is 10.1. The van der Waals surface area contributed by atoms with Gasteiger partial charge in [-0.25, -0.2) is 4.39 Å². The predicted molar refractivity (Wildman–Crippen MR) is 110 cm³/mol. The van der Waals surface area contributed by atoms with Crippen molar-refractivity contribution in [2.45, 2.75) is 19.4 Å². The van der Waals surface area contributed by atoms with Gasteiger partial charge in [0.15, 0.2) is 0 Å². The highest BCUT2D eigenvalue weighted by Crippen LogP contribution is 2.24. The van der Waals surface area contributed by atoms with Crippen LogP contribution in [0.5, 0.6) is 0 Å². The number of hydrogen-bond acceptors (Lipinski definition) is 3. The quantitative estimate of drug-likeness (QED) is 0.800. The second kappa shape index (κ2) is 8.64. The Bertz CT molecular complexity index is 856. The van der Waals surface area contributed by atoms with Crippen molar-refractivity contribution < 1.29 is 14.0 Å². The van der Waals surface area contributed by atoms with Crippen LogP contribution in [0.25, 0.3) is 0 Å². The molecule has 2 aliphatic heterocycles. The fourth-order valence-corrected chi connectivity index (χ4v) is 4.20. The summed E-state index contributed by atoms with van der Waals surface area (Å²) >= 11 is 0. The molecule has 2 fully saturated rings. The van der Waals surface area contributed by atoms with Gasteiger partial charge in [-0.05, 0) is 36.2 Å². The number of rotatable bonds is 4. The maximum Gasteiger partial charge on any atom is 0.228 e. The number of likely N-dealkylation sites (tertiary alicyclic amines) is 1. The number of anilines is 1. The summed E-state index contributed by atoms with van der Waals surface area (Å²) in [6.07, 6.45) is 1.15. The summed E-state index contributed by atoms with van der Waals surface area (Å²) in [5.74, 6) is -0.375. The van der Waals surface area contributed by atoms with Gasteiger partial charge < -0.3 is 14.7 Å². The van der Waals surface area contributed by atoms with Gasteiger partial charge >= 0.3 is 0 Å².